The fraction of sp³-hybridized carbons (Fsp3) is 0.588. The molecule has 1 rings (SSSR count). The highest BCUT2D eigenvalue weighted by molar-refractivity contribution is 5.85. The van der Waals surface area contributed by atoms with Crippen molar-refractivity contribution in [2.24, 2.45) is 16.3 Å². The van der Waals surface area contributed by atoms with Crippen LogP contribution in [0.1, 0.15) is 58.4 Å². The Kier molecular flexibility index (Phi) is 6.53. The third-order valence-corrected chi connectivity index (χ3v) is 3.93. The van der Waals surface area contributed by atoms with Gasteiger partial charge in [0.15, 0.2) is 0 Å². The highest BCUT2D eigenvalue weighted by Gasteiger charge is 2.22. The van der Waals surface area contributed by atoms with E-state index >= 15 is 0 Å². The van der Waals surface area contributed by atoms with Crippen molar-refractivity contribution in [1.82, 2.24) is 0 Å². The molecule has 1 aromatic rings. The molecule has 0 heterocycles. The number of nitrogens with one attached hydrogen (secondary N) is 1. The molecule has 4 nitrogen and oxygen atoms in total. The van der Waals surface area contributed by atoms with Gasteiger partial charge in [0.25, 0.3) is 0 Å². The van der Waals surface area contributed by atoms with Crippen LogP contribution in [0.2, 0.25) is 0 Å². The van der Waals surface area contributed by atoms with E-state index in [1.807, 2.05) is 13.8 Å². The summed E-state index contributed by atoms with van der Waals surface area (Å²) in [4.78, 5) is 0. The topological polar surface area (TPSA) is 70.6 Å². The lowest BCUT2D eigenvalue weighted by Crippen LogP contribution is -2.31. The molecule has 21 heavy (non-hydrogen) atoms. The number of nitrogens with two attached hydrogens (primary N) is 1. The Balaban J connectivity index is 2.39. The summed E-state index contributed by atoms with van der Waals surface area (Å²) in [6, 6.07) is 8.46. The molecule has 0 unspecified atom stereocenters. The van der Waals surface area contributed by atoms with Crippen molar-refractivity contribution < 1.29 is 5.21 Å². The van der Waals surface area contributed by atoms with E-state index in [9.17, 15) is 0 Å². The number of hydrogen-bond donors (Lipinski definition) is 3. The first kappa shape index (κ1) is 17.3. The van der Waals surface area contributed by atoms with E-state index in [-0.39, 0.29) is 5.41 Å². The van der Waals surface area contributed by atoms with Gasteiger partial charge >= 0.3 is 0 Å². The molecule has 4 heteroatoms. The third kappa shape index (κ3) is 5.29. The van der Waals surface area contributed by atoms with Crippen LogP contribution in [0.5, 0.6) is 0 Å². The predicted molar refractivity (Wildman–Crippen MR) is 90.1 cm³/mol. The summed E-state index contributed by atoms with van der Waals surface area (Å²) in [5, 5.41) is 15.4. The van der Waals surface area contributed by atoms with E-state index in [2.05, 4.69) is 48.6 Å². The van der Waals surface area contributed by atoms with Crippen LogP contribution >= 0.6 is 0 Å². The van der Waals surface area contributed by atoms with Gasteiger partial charge in [-0.25, -0.2) is 0 Å². The van der Waals surface area contributed by atoms with Crippen LogP contribution in [-0.4, -0.2) is 17.6 Å². The van der Waals surface area contributed by atoms with Crippen LogP contribution < -0.4 is 11.1 Å². The first-order chi connectivity index (χ1) is 9.88. The largest absolute Gasteiger partial charge is 0.409 e. The molecule has 0 aromatic heterocycles. The molecule has 0 bridgehead atoms. The number of rotatable bonds is 8. The molecule has 0 radical (unpaired) electrons. The maximum Gasteiger partial charge on any atom is 0.144 e. The summed E-state index contributed by atoms with van der Waals surface area (Å²) in [7, 11) is 0. The lowest BCUT2D eigenvalue weighted by atomic mass is 9.86. The normalized spacial score (nSPS) is 12.7. The smallest absolute Gasteiger partial charge is 0.144 e. The molecule has 0 aliphatic rings. The van der Waals surface area contributed by atoms with E-state index in [1.165, 1.54) is 11.3 Å². The van der Waals surface area contributed by atoms with Crippen molar-refractivity contribution in [2.45, 2.75) is 52.9 Å². The van der Waals surface area contributed by atoms with Crippen molar-refractivity contribution in [1.29, 1.82) is 0 Å². The Labute approximate surface area is 128 Å². The van der Waals surface area contributed by atoms with Gasteiger partial charge in [0.05, 0.1) is 0 Å². The molecule has 0 aliphatic carbocycles. The first-order valence-electron chi connectivity index (χ1n) is 7.69. The van der Waals surface area contributed by atoms with Crippen LogP contribution in [-0.2, 0) is 0 Å². The number of hydrogen-bond acceptors (Lipinski definition) is 3. The van der Waals surface area contributed by atoms with Crippen molar-refractivity contribution in [3.8, 4) is 0 Å². The molecule has 118 valence electrons. The summed E-state index contributed by atoms with van der Waals surface area (Å²) in [6.07, 6.45) is 3.02. The van der Waals surface area contributed by atoms with Crippen LogP contribution in [0.25, 0.3) is 0 Å². The fourth-order valence-corrected chi connectivity index (χ4v) is 2.34. The maximum absolute atomic E-state index is 8.75. The number of amidine groups is 1. The van der Waals surface area contributed by atoms with Crippen LogP contribution in [0, 0.1) is 5.41 Å². The number of benzene rings is 1. The molecular formula is C17H29N3O. The van der Waals surface area contributed by atoms with Crippen LogP contribution in [0.3, 0.4) is 0 Å². The van der Waals surface area contributed by atoms with Gasteiger partial charge in [-0.2, -0.15) is 0 Å². The second-order valence-corrected chi connectivity index (χ2v) is 6.49. The van der Waals surface area contributed by atoms with E-state index in [4.69, 9.17) is 10.9 Å². The number of oxime groups is 1. The molecule has 0 spiro atoms. The summed E-state index contributed by atoms with van der Waals surface area (Å²) in [5.41, 5.74) is 8.03. The highest BCUT2D eigenvalue weighted by Crippen LogP contribution is 2.25. The molecular weight excluding hydrogens is 262 g/mol. The van der Waals surface area contributed by atoms with Gasteiger partial charge in [0, 0.05) is 17.6 Å². The Morgan fingerprint density at radius 3 is 2.57 bits per heavy atom. The number of anilines is 1. The maximum atomic E-state index is 8.75. The summed E-state index contributed by atoms with van der Waals surface area (Å²) < 4.78 is 0. The number of nitrogens with zero attached hydrogens (tertiary/aromatic N) is 1. The molecule has 1 aromatic carbocycles. The fourth-order valence-electron chi connectivity index (χ4n) is 2.34. The summed E-state index contributed by atoms with van der Waals surface area (Å²) >= 11 is 0. The van der Waals surface area contributed by atoms with Crippen molar-refractivity contribution in [3.63, 3.8) is 0 Å². The number of unbranched alkanes of at least 4 members (excludes halogenated alkanes) is 1. The van der Waals surface area contributed by atoms with Crippen molar-refractivity contribution >= 4 is 11.5 Å². The van der Waals surface area contributed by atoms with Gasteiger partial charge in [-0.3, -0.25) is 0 Å². The average molecular weight is 291 g/mol. The standard InChI is InChI=1S/C17H29N3O/c1-13(2)14-9-5-6-10-15(14)19-12-8-7-11-17(3,4)16(18)20-21/h5-6,9-10,13,19,21H,7-8,11-12H2,1-4H3,(H2,18,20). The van der Waals surface area contributed by atoms with E-state index in [0.717, 1.165) is 25.8 Å². The molecule has 0 atom stereocenters. The van der Waals surface area contributed by atoms with E-state index in [1.54, 1.807) is 0 Å². The summed E-state index contributed by atoms with van der Waals surface area (Å²) in [5.74, 6) is 0.828. The monoisotopic (exact) mass is 291 g/mol. The zero-order valence-electron chi connectivity index (χ0n) is 13.7. The molecule has 4 N–H and O–H groups in total. The molecule has 0 amide bonds. The molecule has 0 fully saturated rings. The first-order valence-corrected chi connectivity index (χ1v) is 7.69. The molecule has 0 saturated carbocycles. The minimum absolute atomic E-state index is 0.245. The van der Waals surface area contributed by atoms with Crippen molar-refractivity contribution in [3.05, 3.63) is 29.8 Å². The summed E-state index contributed by atoms with van der Waals surface area (Å²) in [6.45, 7) is 9.36. The number of para-hydroxylation sites is 1. The van der Waals surface area contributed by atoms with Gasteiger partial charge in [0.2, 0.25) is 0 Å². The third-order valence-electron chi connectivity index (χ3n) is 3.93. The van der Waals surface area contributed by atoms with Gasteiger partial charge in [-0.05, 0) is 30.4 Å². The Morgan fingerprint density at radius 2 is 1.95 bits per heavy atom. The SMILES string of the molecule is CC(C)c1ccccc1NCCCCC(C)(C)/C(N)=N/O. The molecule has 0 aliphatic heterocycles. The van der Waals surface area contributed by atoms with Gasteiger partial charge in [0.1, 0.15) is 5.84 Å². The minimum Gasteiger partial charge on any atom is -0.409 e. The Morgan fingerprint density at radius 1 is 1.29 bits per heavy atom. The van der Waals surface area contributed by atoms with Gasteiger partial charge < -0.3 is 16.3 Å². The second-order valence-electron chi connectivity index (χ2n) is 6.49. The van der Waals surface area contributed by atoms with E-state index < -0.39 is 0 Å². The second kappa shape index (κ2) is 7.91. The Bertz CT molecular complexity index is 467. The average Bonchev–Trinajstić information content (AvgIpc) is 2.46. The lowest BCUT2D eigenvalue weighted by Gasteiger charge is -2.22. The minimum atomic E-state index is -0.245. The van der Waals surface area contributed by atoms with Gasteiger partial charge in [-0.1, -0.05) is 57.5 Å². The molecule has 0 saturated heterocycles. The quantitative estimate of drug-likeness (QED) is 0.221. The zero-order valence-corrected chi connectivity index (χ0v) is 13.7. The Hall–Kier alpha value is -1.71. The van der Waals surface area contributed by atoms with Crippen LogP contribution in [0.4, 0.5) is 5.69 Å². The predicted octanol–water partition coefficient (Wildman–Crippen LogP) is 4.16. The highest BCUT2D eigenvalue weighted by atomic mass is 16.4. The lowest BCUT2D eigenvalue weighted by molar-refractivity contribution is 0.304. The van der Waals surface area contributed by atoms with Crippen LogP contribution in [0.15, 0.2) is 29.4 Å². The van der Waals surface area contributed by atoms with Gasteiger partial charge in [-0.15, -0.1) is 0 Å². The van der Waals surface area contributed by atoms with E-state index in [0.29, 0.717) is 11.8 Å². The van der Waals surface area contributed by atoms with Crippen molar-refractivity contribution in [2.75, 3.05) is 11.9 Å². The zero-order chi connectivity index (χ0) is 15.9.